The van der Waals surface area contributed by atoms with Gasteiger partial charge in [-0.05, 0) is 12.5 Å². The predicted octanol–water partition coefficient (Wildman–Crippen LogP) is 0.0785. The fourth-order valence-corrected chi connectivity index (χ4v) is 1.39. The summed E-state index contributed by atoms with van der Waals surface area (Å²) in [6, 6.07) is 2.24. The Bertz CT molecular complexity index is 528. The Hall–Kier alpha value is -2.48. The van der Waals surface area contributed by atoms with Gasteiger partial charge in [0, 0.05) is 17.7 Å². The first kappa shape index (κ1) is 14.6. The molecule has 0 aliphatic heterocycles. The number of nitro benzene ring substituents is 1. The maximum atomic E-state index is 11.8. The van der Waals surface area contributed by atoms with Crippen LogP contribution in [0.3, 0.4) is 0 Å². The van der Waals surface area contributed by atoms with Crippen molar-refractivity contribution in [3.63, 3.8) is 0 Å². The van der Waals surface area contributed by atoms with Gasteiger partial charge in [-0.3, -0.25) is 14.9 Å². The van der Waals surface area contributed by atoms with Crippen LogP contribution in [0.25, 0.3) is 0 Å². The molecule has 0 fully saturated rings. The Kier molecular flexibility index (Phi) is 4.54. The molecule has 0 aliphatic rings. The number of aliphatic hydroxyl groups excluding tert-OH is 1. The standard InChI is InChI=1S/C11H12N2O6/c1-6-2-3-7(13(18)19)4-8(6)10(15)12-9(5-14)11(16)17/h2-4,9,14H,5H2,1H3,(H,12,15)(H,16,17). The number of benzene rings is 1. The summed E-state index contributed by atoms with van der Waals surface area (Å²) in [5.74, 6) is -2.18. The summed E-state index contributed by atoms with van der Waals surface area (Å²) >= 11 is 0. The van der Waals surface area contributed by atoms with Crippen LogP contribution in [0.5, 0.6) is 0 Å². The first-order valence-corrected chi connectivity index (χ1v) is 5.26. The normalized spacial score (nSPS) is 11.7. The number of hydrogen-bond acceptors (Lipinski definition) is 5. The second kappa shape index (κ2) is 5.91. The number of carbonyl (C=O) groups excluding carboxylic acids is 1. The van der Waals surface area contributed by atoms with Gasteiger partial charge < -0.3 is 15.5 Å². The lowest BCUT2D eigenvalue weighted by atomic mass is 10.1. The smallest absolute Gasteiger partial charge is 0.328 e. The summed E-state index contributed by atoms with van der Waals surface area (Å²) in [6.45, 7) is 0.794. The number of nitrogens with one attached hydrogen (secondary N) is 1. The fourth-order valence-electron chi connectivity index (χ4n) is 1.39. The average Bonchev–Trinajstić information content (AvgIpc) is 2.35. The Morgan fingerprint density at radius 1 is 1.47 bits per heavy atom. The number of aryl methyl sites for hydroxylation is 1. The number of hydrogen-bond donors (Lipinski definition) is 3. The number of non-ortho nitro benzene ring substituents is 1. The van der Waals surface area contributed by atoms with Gasteiger partial charge in [0.05, 0.1) is 11.5 Å². The van der Waals surface area contributed by atoms with E-state index in [1.165, 1.54) is 12.1 Å². The van der Waals surface area contributed by atoms with Crippen LogP contribution < -0.4 is 5.32 Å². The van der Waals surface area contributed by atoms with E-state index in [4.69, 9.17) is 10.2 Å². The molecule has 0 spiro atoms. The van der Waals surface area contributed by atoms with E-state index < -0.39 is 29.4 Å². The van der Waals surface area contributed by atoms with Crippen molar-refractivity contribution in [1.82, 2.24) is 5.32 Å². The molecule has 102 valence electrons. The average molecular weight is 268 g/mol. The zero-order valence-electron chi connectivity index (χ0n) is 9.99. The fraction of sp³-hybridized carbons (Fsp3) is 0.273. The summed E-state index contributed by atoms with van der Waals surface area (Å²) in [4.78, 5) is 32.4. The highest BCUT2D eigenvalue weighted by molar-refractivity contribution is 5.98. The van der Waals surface area contributed by atoms with E-state index in [0.29, 0.717) is 5.56 Å². The van der Waals surface area contributed by atoms with E-state index in [9.17, 15) is 19.7 Å². The zero-order chi connectivity index (χ0) is 14.6. The number of aliphatic carboxylic acids is 1. The molecular formula is C11H12N2O6. The molecule has 8 heteroatoms. The molecule has 8 nitrogen and oxygen atoms in total. The molecule has 0 aromatic heterocycles. The molecule has 0 heterocycles. The first-order chi connectivity index (χ1) is 8.86. The zero-order valence-corrected chi connectivity index (χ0v) is 9.99. The second-order valence-corrected chi connectivity index (χ2v) is 3.80. The molecule has 0 aliphatic carbocycles. The summed E-state index contributed by atoms with van der Waals surface area (Å²) < 4.78 is 0. The van der Waals surface area contributed by atoms with Crippen LogP contribution in [0.2, 0.25) is 0 Å². The molecule has 0 bridgehead atoms. The van der Waals surface area contributed by atoms with Gasteiger partial charge in [0.1, 0.15) is 0 Å². The SMILES string of the molecule is Cc1ccc([N+](=O)[O-])cc1C(=O)NC(CO)C(=O)O. The summed E-state index contributed by atoms with van der Waals surface area (Å²) in [7, 11) is 0. The molecule has 19 heavy (non-hydrogen) atoms. The highest BCUT2D eigenvalue weighted by atomic mass is 16.6. The van der Waals surface area contributed by atoms with Crippen molar-refractivity contribution in [3.05, 3.63) is 39.4 Å². The molecule has 3 N–H and O–H groups in total. The van der Waals surface area contributed by atoms with Crippen LogP contribution in [0.1, 0.15) is 15.9 Å². The minimum absolute atomic E-state index is 0.00565. The third-order valence-electron chi connectivity index (χ3n) is 2.46. The van der Waals surface area contributed by atoms with Crippen molar-refractivity contribution >= 4 is 17.6 Å². The highest BCUT2D eigenvalue weighted by Gasteiger charge is 2.21. The van der Waals surface area contributed by atoms with E-state index in [-0.39, 0.29) is 11.3 Å². The molecule has 0 radical (unpaired) electrons. The predicted molar refractivity (Wildman–Crippen MR) is 63.8 cm³/mol. The largest absolute Gasteiger partial charge is 0.480 e. The molecule has 1 unspecified atom stereocenters. The Morgan fingerprint density at radius 2 is 2.11 bits per heavy atom. The Morgan fingerprint density at radius 3 is 2.58 bits per heavy atom. The van der Waals surface area contributed by atoms with E-state index >= 15 is 0 Å². The third kappa shape index (κ3) is 3.49. The maximum Gasteiger partial charge on any atom is 0.328 e. The minimum atomic E-state index is -1.45. The van der Waals surface area contributed by atoms with E-state index in [1.54, 1.807) is 6.92 Å². The Labute approximate surface area is 107 Å². The lowest BCUT2D eigenvalue weighted by Crippen LogP contribution is -2.43. The van der Waals surface area contributed by atoms with Gasteiger partial charge in [-0.25, -0.2) is 4.79 Å². The van der Waals surface area contributed by atoms with Crippen LogP contribution in [0.4, 0.5) is 5.69 Å². The van der Waals surface area contributed by atoms with E-state index in [1.807, 2.05) is 0 Å². The molecule has 0 saturated carbocycles. The number of amides is 1. The summed E-state index contributed by atoms with van der Waals surface area (Å²) in [5.41, 5.74) is 0.186. The topological polar surface area (TPSA) is 130 Å². The molecule has 1 aromatic rings. The van der Waals surface area contributed by atoms with Gasteiger partial charge >= 0.3 is 5.97 Å². The van der Waals surface area contributed by atoms with Crippen LogP contribution >= 0.6 is 0 Å². The number of nitro groups is 1. The number of rotatable bonds is 5. The number of carbonyl (C=O) groups is 2. The van der Waals surface area contributed by atoms with E-state index in [0.717, 1.165) is 6.07 Å². The molecular weight excluding hydrogens is 256 g/mol. The van der Waals surface area contributed by atoms with Gasteiger partial charge in [-0.1, -0.05) is 6.07 Å². The molecule has 1 amide bonds. The van der Waals surface area contributed by atoms with Crippen molar-refractivity contribution in [2.75, 3.05) is 6.61 Å². The van der Waals surface area contributed by atoms with Crippen molar-refractivity contribution < 1.29 is 24.7 Å². The van der Waals surface area contributed by atoms with Gasteiger partial charge in [0.15, 0.2) is 6.04 Å². The second-order valence-electron chi connectivity index (χ2n) is 3.80. The molecule has 1 aromatic carbocycles. The lowest BCUT2D eigenvalue weighted by Gasteiger charge is -2.12. The molecule has 1 rings (SSSR count). The monoisotopic (exact) mass is 268 g/mol. The van der Waals surface area contributed by atoms with Crippen molar-refractivity contribution in [1.29, 1.82) is 0 Å². The quantitative estimate of drug-likeness (QED) is 0.512. The van der Waals surface area contributed by atoms with Crippen LogP contribution in [0, 0.1) is 17.0 Å². The number of carboxylic acid groups (broad SMARTS) is 1. The maximum absolute atomic E-state index is 11.8. The van der Waals surface area contributed by atoms with Gasteiger partial charge in [0.2, 0.25) is 0 Å². The van der Waals surface area contributed by atoms with Crippen molar-refractivity contribution in [2.45, 2.75) is 13.0 Å². The van der Waals surface area contributed by atoms with Gasteiger partial charge in [0.25, 0.3) is 11.6 Å². The first-order valence-electron chi connectivity index (χ1n) is 5.26. The van der Waals surface area contributed by atoms with Crippen LogP contribution in [-0.2, 0) is 4.79 Å². The number of carboxylic acids is 1. The summed E-state index contributed by atoms with van der Waals surface area (Å²) in [5, 5.41) is 30.2. The Balaban J connectivity index is 3.02. The summed E-state index contributed by atoms with van der Waals surface area (Å²) in [6.07, 6.45) is 0. The van der Waals surface area contributed by atoms with Crippen molar-refractivity contribution in [3.8, 4) is 0 Å². The van der Waals surface area contributed by atoms with Crippen LogP contribution in [0.15, 0.2) is 18.2 Å². The number of aliphatic hydroxyl groups is 1. The third-order valence-corrected chi connectivity index (χ3v) is 2.46. The van der Waals surface area contributed by atoms with Gasteiger partial charge in [-0.2, -0.15) is 0 Å². The molecule has 0 saturated heterocycles. The van der Waals surface area contributed by atoms with Crippen molar-refractivity contribution in [2.24, 2.45) is 0 Å². The highest BCUT2D eigenvalue weighted by Crippen LogP contribution is 2.17. The number of nitrogens with zero attached hydrogens (tertiary/aromatic N) is 1. The van der Waals surface area contributed by atoms with E-state index in [2.05, 4.69) is 5.32 Å². The lowest BCUT2D eigenvalue weighted by molar-refractivity contribution is -0.384. The minimum Gasteiger partial charge on any atom is -0.480 e. The molecule has 1 atom stereocenters. The van der Waals surface area contributed by atoms with Crippen LogP contribution in [-0.4, -0.2) is 39.7 Å². The van der Waals surface area contributed by atoms with Gasteiger partial charge in [-0.15, -0.1) is 0 Å².